The van der Waals surface area contributed by atoms with Crippen LogP contribution in [0.1, 0.15) is 18.9 Å². The van der Waals surface area contributed by atoms with Crippen molar-refractivity contribution in [2.45, 2.75) is 24.3 Å². The third-order valence-corrected chi connectivity index (χ3v) is 4.56. The number of amides is 1. The van der Waals surface area contributed by atoms with Gasteiger partial charge in [-0.3, -0.25) is 9.69 Å². The van der Waals surface area contributed by atoms with Gasteiger partial charge in [-0.2, -0.15) is 0 Å². The van der Waals surface area contributed by atoms with Crippen molar-refractivity contribution in [3.63, 3.8) is 0 Å². The molecule has 2 aromatic carbocycles. The molecule has 124 valence electrons. The first-order chi connectivity index (χ1) is 11.6. The summed E-state index contributed by atoms with van der Waals surface area (Å²) < 4.78 is 5.34. The molecule has 2 aromatic rings. The number of ether oxygens (including phenoxy) is 1. The van der Waals surface area contributed by atoms with Gasteiger partial charge in [0, 0.05) is 12.1 Å². The van der Waals surface area contributed by atoms with Crippen molar-refractivity contribution in [3.8, 4) is 0 Å². The number of nitrogens with zero attached hydrogens (tertiary/aromatic N) is 1. The van der Waals surface area contributed by atoms with E-state index in [-0.39, 0.29) is 18.9 Å². The van der Waals surface area contributed by atoms with Crippen LogP contribution in [0.2, 0.25) is 0 Å². The van der Waals surface area contributed by atoms with E-state index in [0.29, 0.717) is 11.3 Å². The molecule has 1 aliphatic rings. The summed E-state index contributed by atoms with van der Waals surface area (Å²) in [5.41, 5.74) is 0.0774. The summed E-state index contributed by atoms with van der Waals surface area (Å²) in [5, 5.41) is -0.783. The molecule has 0 spiro atoms. The van der Waals surface area contributed by atoms with Gasteiger partial charge >= 0.3 is 5.97 Å². The van der Waals surface area contributed by atoms with Crippen molar-refractivity contribution < 1.29 is 14.3 Å². The molecule has 0 N–H and O–H groups in total. The van der Waals surface area contributed by atoms with Crippen LogP contribution in [-0.4, -0.2) is 23.9 Å². The van der Waals surface area contributed by atoms with Crippen LogP contribution in [0.5, 0.6) is 0 Å². The second-order valence-electron chi connectivity index (χ2n) is 5.63. The Labute approximate surface area is 146 Å². The molecule has 2 atom stereocenters. The van der Waals surface area contributed by atoms with Gasteiger partial charge < -0.3 is 4.74 Å². The van der Waals surface area contributed by atoms with E-state index >= 15 is 0 Å². The molecule has 1 saturated heterocycles. The lowest BCUT2D eigenvalue weighted by atomic mass is 9.86. The van der Waals surface area contributed by atoms with Crippen molar-refractivity contribution in [1.82, 2.24) is 0 Å². The van der Waals surface area contributed by atoms with Gasteiger partial charge in [-0.1, -0.05) is 48.5 Å². The average molecular weight is 344 g/mol. The van der Waals surface area contributed by atoms with Gasteiger partial charge in [-0.25, -0.2) is 4.79 Å². The van der Waals surface area contributed by atoms with Gasteiger partial charge in [0.25, 0.3) is 0 Å². The molecule has 0 saturated carbocycles. The highest BCUT2D eigenvalue weighted by molar-refractivity contribution is 6.35. The van der Waals surface area contributed by atoms with E-state index in [1.807, 2.05) is 48.5 Å². The minimum atomic E-state index is -1.25. The number of carbonyl (C=O) groups excluding carboxylic acids is 2. The first kappa shape index (κ1) is 16.5. The molecule has 5 heteroatoms. The molecular formula is C19H18ClNO3. The van der Waals surface area contributed by atoms with E-state index in [1.165, 1.54) is 4.90 Å². The summed E-state index contributed by atoms with van der Waals surface area (Å²) in [5.74, 6) is -0.753. The summed E-state index contributed by atoms with van der Waals surface area (Å²) in [6, 6.07) is 18.3. The fourth-order valence-corrected chi connectivity index (χ4v) is 3.52. The highest BCUT2D eigenvalue weighted by Crippen LogP contribution is 2.45. The van der Waals surface area contributed by atoms with Crippen molar-refractivity contribution in [3.05, 3.63) is 66.2 Å². The standard InChI is InChI=1S/C19H18ClNO3/c1-2-24-18(23)19(14-9-5-3-6-10-14)13-16(20)17(22)21(19)15-11-7-4-8-12-15/h3-12,16H,2,13H2,1H3. The number of hydrogen-bond acceptors (Lipinski definition) is 3. The maximum atomic E-state index is 13.0. The van der Waals surface area contributed by atoms with E-state index in [9.17, 15) is 9.59 Å². The van der Waals surface area contributed by atoms with Crippen LogP contribution in [0.25, 0.3) is 0 Å². The molecule has 1 heterocycles. The van der Waals surface area contributed by atoms with Crippen LogP contribution in [0.4, 0.5) is 5.69 Å². The quantitative estimate of drug-likeness (QED) is 0.630. The predicted molar refractivity (Wildman–Crippen MR) is 92.9 cm³/mol. The molecule has 4 nitrogen and oxygen atoms in total. The molecule has 1 amide bonds. The van der Waals surface area contributed by atoms with E-state index in [2.05, 4.69) is 0 Å². The lowest BCUT2D eigenvalue weighted by Gasteiger charge is -2.36. The summed E-state index contributed by atoms with van der Waals surface area (Å²) in [6.45, 7) is 1.98. The van der Waals surface area contributed by atoms with Gasteiger partial charge in [0.15, 0.2) is 5.54 Å². The van der Waals surface area contributed by atoms with Crippen LogP contribution in [-0.2, 0) is 19.9 Å². The van der Waals surface area contributed by atoms with E-state index < -0.39 is 16.9 Å². The zero-order chi connectivity index (χ0) is 17.2. The van der Waals surface area contributed by atoms with Gasteiger partial charge in [0.05, 0.1) is 6.61 Å². The highest BCUT2D eigenvalue weighted by Gasteiger charge is 2.58. The predicted octanol–water partition coefficient (Wildman–Crippen LogP) is 3.49. The van der Waals surface area contributed by atoms with Gasteiger partial charge in [-0.05, 0) is 24.6 Å². The average Bonchev–Trinajstić information content (AvgIpc) is 2.89. The smallest absolute Gasteiger partial charge is 0.337 e. The zero-order valence-corrected chi connectivity index (χ0v) is 14.1. The molecule has 24 heavy (non-hydrogen) atoms. The monoisotopic (exact) mass is 343 g/mol. The summed E-state index contributed by atoms with van der Waals surface area (Å²) in [4.78, 5) is 27.2. The number of benzene rings is 2. The van der Waals surface area contributed by atoms with E-state index in [4.69, 9.17) is 16.3 Å². The van der Waals surface area contributed by atoms with Gasteiger partial charge in [0.1, 0.15) is 5.38 Å². The number of rotatable bonds is 4. The summed E-state index contributed by atoms with van der Waals surface area (Å²) in [6.07, 6.45) is 0.172. The first-order valence-electron chi connectivity index (χ1n) is 7.87. The molecular weight excluding hydrogens is 326 g/mol. The van der Waals surface area contributed by atoms with Crippen LogP contribution < -0.4 is 4.90 Å². The fourth-order valence-electron chi connectivity index (χ4n) is 3.19. The number of para-hydroxylation sites is 1. The van der Waals surface area contributed by atoms with Crippen molar-refractivity contribution >= 4 is 29.2 Å². The third-order valence-electron chi connectivity index (χ3n) is 4.22. The lowest BCUT2D eigenvalue weighted by Crippen LogP contribution is -2.50. The van der Waals surface area contributed by atoms with Crippen LogP contribution in [0, 0.1) is 0 Å². The number of halogens is 1. The highest BCUT2D eigenvalue weighted by atomic mass is 35.5. The SMILES string of the molecule is CCOC(=O)C1(c2ccccc2)CC(Cl)C(=O)N1c1ccccc1. The Balaban J connectivity index is 2.22. The van der Waals surface area contributed by atoms with Crippen LogP contribution >= 0.6 is 11.6 Å². The minimum Gasteiger partial charge on any atom is -0.464 e. The van der Waals surface area contributed by atoms with Crippen molar-refractivity contribution in [1.29, 1.82) is 0 Å². The zero-order valence-electron chi connectivity index (χ0n) is 13.3. The molecule has 3 rings (SSSR count). The third kappa shape index (κ3) is 2.57. The number of anilines is 1. The minimum absolute atomic E-state index is 0.172. The number of alkyl halides is 1. The Morgan fingerprint density at radius 1 is 1.17 bits per heavy atom. The molecule has 0 aliphatic carbocycles. The molecule has 2 unspecified atom stereocenters. The Hall–Kier alpha value is -2.33. The molecule has 0 aromatic heterocycles. The maximum absolute atomic E-state index is 13.0. The molecule has 1 aliphatic heterocycles. The van der Waals surface area contributed by atoms with Gasteiger partial charge in [-0.15, -0.1) is 11.6 Å². The Kier molecular flexibility index (Phi) is 4.58. The second-order valence-corrected chi connectivity index (χ2v) is 6.15. The summed E-state index contributed by atoms with van der Waals surface area (Å²) in [7, 11) is 0. The first-order valence-corrected chi connectivity index (χ1v) is 8.31. The van der Waals surface area contributed by atoms with Gasteiger partial charge in [0.2, 0.25) is 5.91 Å². The summed E-state index contributed by atoms with van der Waals surface area (Å²) >= 11 is 6.29. The Morgan fingerprint density at radius 2 is 1.75 bits per heavy atom. The van der Waals surface area contributed by atoms with Crippen molar-refractivity contribution in [2.75, 3.05) is 11.5 Å². The Morgan fingerprint density at radius 3 is 2.33 bits per heavy atom. The molecule has 0 bridgehead atoms. The normalized spacial score (nSPS) is 23.3. The molecule has 0 radical (unpaired) electrons. The lowest BCUT2D eigenvalue weighted by molar-refractivity contribution is -0.150. The topological polar surface area (TPSA) is 46.6 Å². The number of hydrogen-bond donors (Lipinski definition) is 0. The van der Waals surface area contributed by atoms with E-state index in [1.54, 1.807) is 19.1 Å². The largest absolute Gasteiger partial charge is 0.464 e. The molecule has 1 fully saturated rings. The second kappa shape index (κ2) is 6.65. The van der Waals surface area contributed by atoms with Crippen LogP contribution in [0.3, 0.4) is 0 Å². The maximum Gasteiger partial charge on any atom is 0.337 e. The van der Waals surface area contributed by atoms with Crippen molar-refractivity contribution in [2.24, 2.45) is 0 Å². The fraction of sp³-hybridized carbons (Fsp3) is 0.263. The number of esters is 1. The Bertz CT molecular complexity index is 735. The van der Waals surface area contributed by atoms with E-state index in [0.717, 1.165) is 0 Å². The number of carbonyl (C=O) groups is 2. The van der Waals surface area contributed by atoms with Crippen LogP contribution in [0.15, 0.2) is 60.7 Å².